The molecule has 11 nitrogen and oxygen atoms in total. The lowest BCUT2D eigenvalue weighted by Gasteiger charge is -2.37. The van der Waals surface area contributed by atoms with Crippen LogP contribution in [-0.4, -0.2) is 70.8 Å². The molecule has 0 spiro atoms. The van der Waals surface area contributed by atoms with Gasteiger partial charge in [-0.2, -0.15) is 4.48 Å². The Morgan fingerprint density at radius 1 is 1.08 bits per heavy atom. The minimum atomic E-state index is -1.29. The second-order valence-corrected chi connectivity index (χ2v) is 11.3. The van der Waals surface area contributed by atoms with Gasteiger partial charge in [-0.05, 0) is 23.6 Å². The third-order valence-electron chi connectivity index (χ3n) is 6.40. The topological polar surface area (TPSA) is 159 Å². The summed E-state index contributed by atoms with van der Waals surface area (Å²) in [5.74, 6) is -2.94. The largest absolute Gasteiger partial charge is 0.481 e. The van der Waals surface area contributed by atoms with Crippen LogP contribution in [0, 0.1) is 11.3 Å². The van der Waals surface area contributed by atoms with Gasteiger partial charge in [-0.1, -0.05) is 46.2 Å². The number of likely N-dealkylation sites (tertiary alicyclic amines) is 1. The van der Waals surface area contributed by atoms with Crippen molar-refractivity contribution in [3.63, 3.8) is 0 Å². The van der Waals surface area contributed by atoms with Crippen LogP contribution in [0.3, 0.4) is 0 Å². The first-order valence-electron chi connectivity index (χ1n) is 12.4. The van der Waals surface area contributed by atoms with Crippen LogP contribution in [0.2, 0.25) is 5.02 Å². The number of nitrogens with one attached hydrogen (secondary N) is 3. The fraction of sp³-hybridized carbons (Fsp3) is 0.538. The normalized spacial score (nSPS) is 16.3. The van der Waals surface area contributed by atoms with Gasteiger partial charge in [-0.25, -0.2) is 9.59 Å². The fourth-order valence-electron chi connectivity index (χ4n) is 4.17. The second-order valence-electron chi connectivity index (χ2n) is 10.9. The Balaban J connectivity index is 2.33. The molecule has 38 heavy (non-hydrogen) atoms. The van der Waals surface area contributed by atoms with Crippen molar-refractivity contribution < 1.29 is 38.4 Å². The van der Waals surface area contributed by atoms with Crippen LogP contribution >= 0.6 is 11.6 Å². The molecule has 0 unspecified atom stereocenters. The van der Waals surface area contributed by atoms with E-state index in [0.717, 1.165) is 0 Å². The highest BCUT2D eigenvalue weighted by Gasteiger charge is 2.53. The number of anilines is 1. The third-order valence-corrected chi connectivity index (χ3v) is 6.71. The molecule has 0 saturated carbocycles. The molecule has 0 radical (unpaired) electrons. The number of carbonyl (C=O) groups excluding carboxylic acids is 5. The standard InChI is InChI=1S/C26H35ClN4O7/c1-15(2)22(35)28-16-8-9-18(19(27)12-16)23(36)30-21(26(3,4)5)24(37)31(10-6-7-11-31)25(38)29-17(14-32)13-20(33)34/h8-9,12,14-15,17,21H,6-7,10-11,13H2,1-5H3,(H3-,28,29,30,33,34,35,36,38)/p+1/t17-,21+/m0/s1. The van der Waals surface area contributed by atoms with E-state index in [0.29, 0.717) is 24.8 Å². The van der Waals surface area contributed by atoms with Crippen molar-refractivity contribution in [2.75, 3.05) is 18.4 Å². The Hall–Kier alpha value is -3.31. The van der Waals surface area contributed by atoms with Crippen LogP contribution < -0.4 is 16.0 Å². The van der Waals surface area contributed by atoms with Gasteiger partial charge in [0.25, 0.3) is 5.91 Å². The lowest BCUT2D eigenvalue weighted by molar-refractivity contribution is -0.761. The van der Waals surface area contributed by atoms with Crippen LogP contribution in [-0.2, 0) is 19.2 Å². The number of benzene rings is 1. The Labute approximate surface area is 226 Å². The number of carboxylic acid groups (broad SMARTS) is 1. The van der Waals surface area contributed by atoms with E-state index in [1.165, 1.54) is 18.2 Å². The summed E-state index contributed by atoms with van der Waals surface area (Å²) in [4.78, 5) is 74.9. The number of rotatable bonds is 9. The molecule has 1 saturated heterocycles. The molecule has 208 valence electrons. The SMILES string of the molecule is CC(C)C(=O)Nc1ccc(C(=O)N[C@H](C(=O)[N+]2(C(=O)N[C@H](C=O)CC(=O)O)CCCC2)C(C)(C)C)c(Cl)c1. The highest BCUT2D eigenvalue weighted by atomic mass is 35.5. The van der Waals surface area contributed by atoms with Crippen LogP contribution in [0.25, 0.3) is 0 Å². The number of carbonyl (C=O) groups is 6. The van der Waals surface area contributed by atoms with Gasteiger partial charge in [-0.3, -0.25) is 19.7 Å². The van der Waals surface area contributed by atoms with E-state index in [9.17, 15) is 28.8 Å². The zero-order valence-electron chi connectivity index (χ0n) is 22.3. The first-order chi connectivity index (χ1) is 17.6. The molecule has 1 aliphatic heterocycles. The van der Waals surface area contributed by atoms with E-state index in [4.69, 9.17) is 16.7 Å². The molecule has 1 heterocycles. The fourth-order valence-corrected chi connectivity index (χ4v) is 4.44. The van der Waals surface area contributed by atoms with Gasteiger partial charge in [0.05, 0.1) is 30.1 Å². The molecule has 0 aliphatic carbocycles. The number of halogens is 1. The predicted molar refractivity (Wildman–Crippen MR) is 141 cm³/mol. The Kier molecular flexibility index (Phi) is 10.2. The minimum absolute atomic E-state index is 0.0643. The maximum Gasteiger partial charge on any atom is 0.424 e. The van der Waals surface area contributed by atoms with Crippen molar-refractivity contribution in [2.24, 2.45) is 11.3 Å². The summed E-state index contributed by atoms with van der Waals surface area (Å²) in [6, 6.07) is 1.21. The maximum atomic E-state index is 14.0. The smallest absolute Gasteiger partial charge is 0.424 e. The molecule has 2 atom stereocenters. The minimum Gasteiger partial charge on any atom is -0.481 e. The first kappa shape index (κ1) is 30.9. The quantitative estimate of drug-likeness (QED) is 0.271. The van der Waals surface area contributed by atoms with Crippen molar-refractivity contribution >= 4 is 53.3 Å². The zero-order chi connectivity index (χ0) is 28.8. The number of nitrogens with zero attached hydrogens (tertiary/aromatic N) is 1. The van der Waals surface area contributed by atoms with Gasteiger partial charge in [0.2, 0.25) is 5.91 Å². The van der Waals surface area contributed by atoms with Gasteiger partial charge in [0, 0.05) is 24.4 Å². The number of imide groups is 1. The Bertz CT molecular complexity index is 1110. The van der Waals surface area contributed by atoms with Crippen molar-refractivity contribution in [1.82, 2.24) is 10.6 Å². The highest BCUT2D eigenvalue weighted by Crippen LogP contribution is 2.30. The average molecular weight is 552 g/mol. The van der Waals surface area contributed by atoms with E-state index in [-0.39, 0.29) is 35.5 Å². The molecule has 1 fully saturated rings. The van der Waals surface area contributed by atoms with Crippen LogP contribution in [0.5, 0.6) is 0 Å². The molecule has 1 aromatic rings. The molecule has 0 bridgehead atoms. The van der Waals surface area contributed by atoms with Crippen molar-refractivity contribution in [3.8, 4) is 0 Å². The molecule has 4 N–H and O–H groups in total. The Morgan fingerprint density at radius 3 is 2.16 bits per heavy atom. The zero-order valence-corrected chi connectivity index (χ0v) is 23.1. The average Bonchev–Trinajstić information content (AvgIpc) is 3.31. The molecular weight excluding hydrogens is 516 g/mol. The van der Waals surface area contributed by atoms with Crippen molar-refractivity contribution in [1.29, 1.82) is 0 Å². The molecule has 5 amide bonds. The van der Waals surface area contributed by atoms with Crippen LogP contribution in [0.15, 0.2) is 18.2 Å². The van der Waals surface area contributed by atoms with Crippen molar-refractivity contribution in [2.45, 2.75) is 66.0 Å². The number of aliphatic carboxylic acids is 1. The van der Waals surface area contributed by atoms with Crippen LogP contribution in [0.4, 0.5) is 10.5 Å². The number of urea groups is 1. The summed E-state index contributed by atoms with van der Waals surface area (Å²) in [6.45, 7) is 9.00. The van der Waals surface area contributed by atoms with Crippen LogP contribution in [0.1, 0.15) is 64.2 Å². The summed E-state index contributed by atoms with van der Waals surface area (Å²) < 4.78 is -0.667. The molecule has 0 aromatic heterocycles. The van der Waals surface area contributed by atoms with Crippen molar-refractivity contribution in [3.05, 3.63) is 28.8 Å². The lowest BCUT2D eigenvalue weighted by Crippen LogP contribution is -2.67. The number of hydrogen-bond donors (Lipinski definition) is 4. The number of carboxylic acids is 1. The summed E-state index contributed by atoms with van der Waals surface area (Å²) in [5, 5.41) is 16.9. The summed E-state index contributed by atoms with van der Waals surface area (Å²) in [5.41, 5.74) is -0.321. The molecule has 2 rings (SSSR count). The lowest BCUT2D eigenvalue weighted by atomic mass is 9.85. The number of aldehydes is 1. The molecule has 12 heteroatoms. The van der Waals surface area contributed by atoms with Gasteiger partial charge < -0.3 is 20.5 Å². The molecular formula is C26H36ClN4O7+. The predicted octanol–water partition coefficient (Wildman–Crippen LogP) is 2.97. The number of hydrogen-bond acceptors (Lipinski definition) is 6. The van der Waals surface area contributed by atoms with E-state index < -0.39 is 52.2 Å². The highest BCUT2D eigenvalue weighted by molar-refractivity contribution is 6.34. The van der Waals surface area contributed by atoms with Gasteiger partial charge in [0.15, 0.2) is 6.04 Å². The number of quaternary nitrogens is 1. The molecule has 1 aromatic carbocycles. The first-order valence-corrected chi connectivity index (χ1v) is 12.8. The van der Waals surface area contributed by atoms with E-state index >= 15 is 0 Å². The summed E-state index contributed by atoms with van der Waals surface area (Å²) in [6.07, 6.45) is 0.824. The Morgan fingerprint density at radius 2 is 1.68 bits per heavy atom. The van der Waals surface area contributed by atoms with E-state index in [1.807, 2.05) is 0 Å². The van der Waals surface area contributed by atoms with Gasteiger partial charge in [-0.15, -0.1) is 0 Å². The summed E-state index contributed by atoms with van der Waals surface area (Å²) in [7, 11) is 0. The number of amides is 5. The second kappa shape index (κ2) is 12.5. The summed E-state index contributed by atoms with van der Waals surface area (Å²) >= 11 is 6.34. The monoisotopic (exact) mass is 551 g/mol. The van der Waals surface area contributed by atoms with Gasteiger partial charge >= 0.3 is 17.9 Å². The third kappa shape index (κ3) is 7.38. The van der Waals surface area contributed by atoms with E-state index in [2.05, 4.69) is 16.0 Å². The van der Waals surface area contributed by atoms with E-state index in [1.54, 1.807) is 34.6 Å². The van der Waals surface area contributed by atoms with Gasteiger partial charge in [0.1, 0.15) is 12.3 Å². The maximum absolute atomic E-state index is 14.0. The molecule has 1 aliphatic rings.